The first kappa shape index (κ1) is 13.1. The lowest BCUT2D eigenvalue weighted by Crippen LogP contribution is -2.15. The van der Waals surface area contributed by atoms with E-state index in [9.17, 15) is 0 Å². The van der Waals surface area contributed by atoms with Crippen molar-refractivity contribution in [2.24, 2.45) is 5.84 Å². The molecule has 0 aliphatic carbocycles. The quantitative estimate of drug-likeness (QED) is 0.570. The fraction of sp³-hybridized carbons (Fsp3) is 0.231. The van der Waals surface area contributed by atoms with Crippen LogP contribution >= 0.6 is 0 Å². The molecule has 0 unspecified atom stereocenters. The number of nitrogens with zero attached hydrogens (tertiary/aromatic N) is 3. The summed E-state index contributed by atoms with van der Waals surface area (Å²) in [6.45, 7) is 2.13. The maximum atomic E-state index is 5.65. The van der Waals surface area contributed by atoms with E-state index >= 15 is 0 Å². The molecule has 1 aromatic heterocycles. The molecule has 0 aliphatic heterocycles. The second-order valence-corrected chi connectivity index (χ2v) is 4.19. The average Bonchev–Trinajstić information content (AvgIpc) is 2.46. The van der Waals surface area contributed by atoms with Gasteiger partial charge in [-0.05, 0) is 24.1 Å². The number of benzene rings is 1. The van der Waals surface area contributed by atoms with Gasteiger partial charge in [0, 0.05) is 18.8 Å². The average molecular weight is 258 g/mol. The summed E-state index contributed by atoms with van der Waals surface area (Å²) in [5, 5.41) is 0. The van der Waals surface area contributed by atoms with Crippen molar-refractivity contribution in [1.29, 1.82) is 0 Å². The summed E-state index contributed by atoms with van der Waals surface area (Å²) in [7, 11) is 1.92. The van der Waals surface area contributed by atoms with Crippen molar-refractivity contribution in [1.82, 2.24) is 9.97 Å². The molecule has 19 heavy (non-hydrogen) atoms. The van der Waals surface area contributed by atoms with Crippen LogP contribution in [0.25, 0.3) is 0 Å². The molecule has 0 bridgehead atoms. The van der Waals surface area contributed by atoms with Crippen molar-refractivity contribution in [2.45, 2.75) is 13.3 Å². The van der Waals surface area contributed by atoms with Gasteiger partial charge in [0.25, 0.3) is 0 Å². The number of anilines is 4. The molecule has 2 aromatic rings. The van der Waals surface area contributed by atoms with Crippen molar-refractivity contribution in [2.75, 3.05) is 23.1 Å². The van der Waals surface area contributed by atoms with Gasteiger partial charge >= 0.3 is 0 Å². The van der Waals surface area contributed by atoms with Crippen LogP contribution in [0.3, 0.4) is 0 Å². The Morgan fingerprint density at radius 1 is 1.21 bits per heavy atom. The van der Waals surface area contributed by atoms with Gasteiger partial charge in [0.05, 0.1) is 0 Å². The zero-order chi connectivity index (χ0) is 13.8. The number of aromatic nitrogens is 2. The third kappa shape index (κ3) is 2.92. The fourth-order valence-corrected chi connectivity index (χ4v) is 1.79. The van der Waals surface area contributed by atoms with E-state index in [2.05, 4.69) is 34.5 Å². The molecule has 0 fully saturated rings. The van der Waals surface area contributed by atoms with E-state index in [4.69, 9.17) is 11.6 Å². The molecular weight excluding hydrogens is 240 g/mol. The predicted molar refractivity (Wildman–Crippen MR) is 78.1 cm³/mol. The summed E-state index contributed by atoms with van der Waals surface area (Å²) in [6.07, 6.45) is 1.02. The lowest BCUT2D eigenvalue weighted by atomic mass is 10.1. The minimum Gasteiger partial charge on any atom is -0.368 e. The molecule has 6 heteroatoms. The van der Waals surface area contributed by atoms with Gasteiger partial charge in [-0.25, -0.2) is 5.84 Å². The molecule has 0 radical (unpaired) electrons. The number of nitrogens with one attached hydrogen (secondary N) is 1. The van der Waals surface area contributed by atoms with Gasteiger partial charge in [-0.1, -0.05) is 19.1 Å². The number of nitrogen functional groups attached to an aromatic ring is 2. The van der Waals surface area contributed by atoms with Crippen molar-refractivity contribution in [3.8, 4) is 0 Å². The number of nitrogens with two attached hydrogens (primary N) is 2. The molecular formula is C13H18N6. The number of hydrogen-bond donors (Lipinski definition) is 3. The highest BCUT2D eigenvalue weighted by Gasteiger charge is 2.08. The summed E-state index contributed by atoms with van der Waals surface area (Å²) in [5.41, 5.74) is 10.4. The molecule has 0 amide bonds. The SMILES string of the molecule is CCc1ccc(N(C)c2cc(NN)nc(N)n2)cc1. The first-order chi connectivity index (χ1) is 9.13. The van der Waals surface area contributed by atoms with Crippen molar-refractivity contribution in [3.05, 3.63) is 35.9 Å². The van der Waals surface area contributed by atoms with E-state index < -0.39 is 0 Å². The molecule has 1 aromatic carbocycles. The van der Waals surface area contributed by atoms with Crippen LogP contribution in [0.5, 0.6) is 0 Å². The van der Waals surface area contributed by atoms with Crippen molar-refractivity contribution >= 4 is 23.3 Å². The molecule has 0 aliphatic rings. The lowest BCUT2D eigenvalue weighted by molar-refractivity contribution is 1.08. The monoisotopic (exact) mass is 258 g/mol. The third-order valence-electron chi connectivity index (χ3n) is 2.95. The highest BCUT2D eigenvalue weighted by molar-refractivity contribution is 5.63. The molecule has 5 N–H and O–H groups in total. The Morgan fingerprint density at radius 2 is 1.89 bits per heavy atom. The van der Waals surface area contributed by atoms with Crippen LogP contribution in [-0.4, -0.2) is 17.0 Å². The largest absolute Gasteiger partial charge is 0.368 e. The molecule has 0 atom stereocenters. The van der Waals surface area contributed by atoms with Crippen LogP contribution in [0, 0.1) is 0 Å². The number of rotatable bonds is 4. The van der Waals surface area contributed by atoms with Crippen LogP contribution < -0.4 is 21.9 Å². The summed E-state index contributed by atoms with van der Waals surface area (Å²) >= 11 is 0. The normalized spacial score (nSPS) is 10.3. The summed E-state index contributed by atoms with van der Waals surface area (Å²) in [4.78, 5) is 10.1. The minimum absolute atomic E-state index is 0.183. The van der Waals surface area contributed by atoms with E-state index in [0.29, 0.717) is 11.6 Å². The minimum atomic E-state index is 0.183. The van der Waals surface area contributed by atoms with Crippen molar-refractivity contribution < 1.29 is 0 Å². The highest BCUT2D eigenvalue weighted by atomic mass is 15.3. The summed E-state index contributed by atoms with van der Waals surface area (Å²) in [5.74, 6) is 6.70. The Labute approximate surface area is 112 Å². The maximum absolute atomic E-state index is 5.65. The van der Waals surface area contributed by atoms with Gasteiger partial charge in [-0.2, -0.15) is 9.97 Å². The van der Waals surface area contributed by atoms with E-state index in [0.717, 1.165) is 12.1 Å². The number of aryl methyl sites for hydroxylation is 1. The predicted octanol–water partition coefficient (Wildman–Crippen LogP) is 1.67. The summed E-state index contributed by atoms with van der Waals surface area (Å²) < 4.78 is 0. The second kappa shape index (κ2) is 5.53. The van der Waals surface area contributed by atoms with Gasteiger partial charge in [0.2, 0.25) is 5.95 Å². The van der Waals surface area contributed by atoms with E-state index in [1.807, 2.05) is 24.1 Å². The lowest BCUT2D eigenvalue weighted by Gasteiger charge is -2.19. The first-order valence-electron chi connectivity index (χ1n) is 6.08. The molecule has 6 nitrogen and oxygen atoms in total. The third-order valence-corrected chi connectivity index (χ3v) is 2.95. The van der Waals surface area contributed by atoms with Crippen LogP contribution in [0.1, 0.15) is 12.5 Å². The number of hydrazine groups is 1. The Balaban J connectivity index is 2.31. The topological polar surface area (TPSA) is 93.1 Å². The Morgan fingerprint density at radius 3 is 2.47 bits per heavy atom. The van der Waals surface area contributed by atoms with Gasteiger partial charge in [0.1, 0.15) is 11.6 Å². The highest BCUT2D eigenvalue weighted by Crippen LogP contribution is 2.24. The zero-order valence-corrected chi connectivity index (χ0v) is 11.1. The van der Waals surface area contributed by atoms with Crippen molar-refractivity contribution in [3.63, 3.8) is 0 Å². The molecule has 100 valence electrons. The van der Waals surface area contributed by atoms with Gasteiger partial charge in [-0.3, -0.25) is 0 Å². The molecule has 0 saturated carbocycles. The molecule has 2 rings (SSSR count). The fourth-order valence-electron chi connectivity index (χ4n) is 1.79. The van der Waals surface area contributed by atoms with Crippen LogP contribution in [0.4, 0.5) is 23.3 Å². The van der Waals surface area contributed by atoms with E-state index in [1.54, 1.807) is 6.07 Å². The second-order valence-electron chi connectivity index (χ2n) is 4.19. The van der Waals surface area contributed by atoms with Crippen LogP contribution in [0.15, 0.2) is 30.3 Å². The van der Waals surface area contributed by atoms with Crippen LogP contribution in [0.2, 0.25) is 0 Å². The number of hydrogen-bond acceptors (Lipinski definition) is 6. The van der Waals surface area contributed by atoms with Gasteiger partial charge < -0.3 is 16.1 Å². The molecule has 0 spiro atoms. The Kier molecular flexibility index (Phi) is 3.82. The summed E-state index contributed by atoms with van der Waals surface area (Å²) in [6, 6.07) is 10.0. The smallest absolute Gasteiger partial charge is 0.224 e. The maximum Gasteiger partial charge on any atom is 0.224 e. The molecule has 0 saturated heterocycles. The van der Waals surface area contributed by atoms with E-state index in [-0.39, 0.29) is 5.95 Å². The zero-order valence-electron chi connectivity index (χ0n) is 11.1. The first-order valence-corrected chi connectivity index (χ1v) is 6.08. The molecule has 1 heterocycles. The van der Waals surface area contributed by atoms with Gasteiger partial charge in [0.15, 0.2) is 0 Å². The van der Waals surface area contributed by atoms with Gasteiger partial charge in [-0.15, -0.1) is 0 Å². The van der Waals surface area contributed by atoms with Crippen LogP contribution in [-0.2, 0) is 6.42 Å². The Hall–Kier alpha value is -2.34. The van der Waals surface area contributed by atoms with E-state index in [1.165, 1.54) is 5.56 Å². The Bertz CT molecular complexity index is 552. The standard InChI is InChI=1S/C13H18N6/c1-3-9-4-6-10(7-5-9)19(2)12-8-11(18-15)16-13(14)17-12/h4-8H,3,15H2,1-2H3,(H3,14,16,17,18).